The van der Waals surface area contributed by atoms with E-state index in [1.165, 1.54) is 32.1 Å². The van der Waals surface area contributed by atoms with Crippen molar-refractivity contribution in [2.45, 2.75) is 70.4 Å². The molecule has 1 aliphatic heterocycles. The van der Waals surface area contributed by atoms with Gasteiger partial charge in [-0.1, -0.05) is 43.0 Å². The molecule has 1 N–H and O–H groups in total. The number of amides is 1. The number of piperidine rings is 1. The van der Waals surface area contributed by atoms with Gasteiger partial charge in [-0.15, -0.1) is 0 Å². The molecule has 5 nitrogen and oxygen atoms in total. The number of hydrogen-bond donors (Lipinski definition) is 1. The summed E-state index contributed by atoms with van der Waals surface area (Å²) < 4.78 is 11.5. The van der Waals surface area contributed by atoms with E-state index >= 15 is 0 Å². The summed E-state index contributed by atoms with van der Waals surface area (Å²) in [5.74, 6) is 1.14. The SMILES string of the molecule is COc1ccc(C(=O)NC2CCN(C3CCCCC3)CC2)cc1OCCc1ccc(C)cc1Cl. The van der Waals surface area contributed by atoms with Gasteiger partial charge in [-0.05, 0) is 68.0 Å². The number of likely N-dealkylation sites (tertiary alicyclic amines) is 1. The fraction of sp³-hybridized carbons (Fsp3) is 0.536. The average molecular weight is 485 g/mol. The molecule has 2 aliphatic rings. The number of methoxy groups -OCH3 is 1. The van der Waals surface area contributed by atoms with Gasteiger partial charge in [0.2, 0.25) is 0 Å². The maximum Gasteiger partial charge on any atom is 0.251 e. The molecule has 4 rings (SSSR count). The number of halogens is 1. The van der Waals surface area contributed by atoms with Crippen LogP contribution in [0, 0.1) is 6.92 Å². The summed E-state index contributed by atoms with van der Waals surface area (Å²) in [5, 5.41) is 3.99. The van der Waals surface area contributed by atoms with Crippen molar-refractivity contribution in [3.05, 3.63) is 58.1 Å². The van der Waals surface area contributed by atoms with Crippen LogP contribution in [-0.2, 0) is 6.42 Å². The second-order valence-corrected chi connectivity index (χ2v) is 10.0. The highest BCUT2D eigenvalue weighted by molar-refractivity contribution is 6.31. The highest BCUT2D eigenvalue weighted by Crippen LogP contribution is 2.29. The molecule has 0 aromatic heterocycles. The molecule has 0 radical (unpaired) electrons. The van der Waals surface area contributed by atoms with Crippen LogP contribution in [0.2, 0.25) is 5.02 Å². The van der Waals surface area contributed by atoms with Crippen LogP contribution in [0.4, 0.5) is 0 Å². The lowest BCUT2D eigenvalue weighted by Crippen LogP contribution is -2.48. The maximum absolute atomic E-state index is 13.0. The summed E-state index contributed by atoms with van der Waals surface area (Å²) in [4.78, 5) is 15.6. The molecule has 0 unspecified atom stereocenters. The van der Waals surface area contributed by atoms with E-state index in [4.69, 9.17) is 21.1 Å². The zero-order valence-electron chi connectivity index (χ0n) is 20.4. The summed E-state index contributed by atoms with van der Waals surface area (Å²) in [6.07, 6.45) is 9.48. The normalized spacial score (nSPS) is 18.0. The number of nitrogens with one attached hydrogen (secondary N) is 1. The number of ether oxygens (including phenoxy) is 2. The first-order valence-corrected chi connectivity index (χ1v) is 13.0. The summed E-state index contributed by atoms with van der Waals surface area (Å²) in [6, 6.07) is 12.4. The predicted octanol–water partition coefficient (Wildman–Crippen LogP) is 5.81. The molecule has 0 atom stereocenters. The smallest absolute Gasteiger partial charge is 0.251 e. The fourth-order valence-electron chi connectivity index (χ4n) is 5.18. The molecular weight excluding hydrogens is 448 g/mol. The largest absolute Gasteiger partial charge is 0.493 e. The van der Waals surface area contributed by atoms with Crippen molar-refractivity contribution in [3.8, 4) is 11.5 Å². The van der Waals surface area contributed by atoms with Crippen LogP contribution < -0.4 is 14.8 Å². The number of rotatable bonds is 8. The van der Waals surface area contributed by atoms with Gasteiger partial charge in [0.25, 0.3) is 5.91 Å². The topological polar surface area (TPSA) is 50.8 Å². The minimum absolute atomic E-state index is 0.0507. The molecule has 1 aliphatic carbocycles. The Kier molecular flexibility index (Phi) is 8.74. The number of hydrogen-bond acceptors (Lipinski definition) is 4. The molecule has 1 heterocycles. The first-order chi connectivity index (χ1) is 16.5. The third-order valence-corrected chi connectivity index (χ3v) is 7.57. The monoisotopic (exact) mass is 484 g/mol. The number of benzene rings is 2. The third kappa shape index (κ3) is 6.45. The van der Waals surface area contributed by atoms with Crippen LogP contribution in [0.5, 0.6) is 11.5 Å². The minimum atomic E-state index is -0.0507. The van der Waals surface area contributed by atoms with Gasteiger partial charge in [0, 0.05) is 42.2 Å². The van der Waals surface area contributed by atoms with Gasteiger partial charge < -0.3 is 19.7 Å². The number of aryl methyl sites for hydroxylation is 1. The third-order valence-electron chi connectivity index (χ3n) is 7.22. The maximum atomic E-state index is 13.0. The van der Waals surface area contributed by atoms with Crippen molar-refractivity contribution in [1.29, 1.82) is 0 Å². The van der Waals surface area contributed by atoms with Gasteiger partial charge in [0.15, 0.2) is 11.5 Å². The highest BCUT2D eigenvalue weighted by Gasteiger charge is 2.27. The second kappa shape index (κ2) is 11.9. The summed E-state index contributed by atoms with van der Waals surface area (Å²) in [5.41, 5.74) is 2.77. The van der Waals surface area contributed by atoms with E-state index in [2.05, 4.69) is 10.2 Å². The lowest BCUT2D eigenvalue weighted by molar-refractivity contribution is 0.0865. The zero-order chi connectivity index (χ0) is 23.9. The molecule has 184 valence electrons. The van der Waals surface area contributed by atoms with Crippen molar-refractivity contribution < 1.29 is 14.3 Å². The van der Waals surface area contributed by atoms with Crippen LogP contribution in [0.1, 0.15) is 66.4 Å². The molecule has 1 amide bonds. The standard InChI is InChI=1S/C28H37ClN2O3/c1-20-8-9-21(25(29)18-20)14-17-34-27-19-22(10-11-26(27)33-2)28(32)30-23-12-15-31(16-13-23)24-6-4-3-5-7-24/h8-11,18-19,23-24H,3-7,12-17H2,1-2H3,(H,30,32). The number of carbonyl (C=O) groups excluding carboxylic acids is 1. The molecule has 1 saturated heterocycles. The van der Waals surface area contributed by atoms with Gasteiger partial charge in [0.1, 0.15) is 0 Å². The van der Waals surface area contributed by atoms with Crippen LogP contribution in [0.15, 0.2) is 36.4 Å². The van der Waals surface area contributed by atoms with Crippen molar-refractivity contribution in [2.24, 2.45) is 0 Å². The fourth-order valence-corrected chi connectivity index (χ4v) is 5.51. The Hall–Kier alpha value is -2.24. The zero-order valence-corrected chi connectivity index (χ0v) is 21.2. The van der Waals surface area contributed by atoms with E-state index in [9.17, 15) is 4.79 Å². The van der Waals surface area contributed by atoms with E-state index in [1.807, 2.05) is 25.1 Å². The second-order valence-electron chi connectivity index (χ2n) is 9.63. The first kappa shape index (κ1) is 24.9. The van der Waals surface area contributed by atoms with Crippen LogP contribution in [0.25, 0.3) is 0 Å². The number of nitrogens with zero attached hydrogens (tertiary/aromatic N) is 1. The molecular formula is C28H37ClN2O3. The van der Waals surface area contributed by atoms with Crippen molar-refractivity contribution in [1.82, 2.24) is 10.2 Å². The molecule has 2 aromatic rings. The quantitative estimate of drug-likeness (QED) is 0.514. The summed E-state index contributed by atoms with van der Waals surface area (Å²) in [6.45, 7) is 4.62. The minimum Gasteiger partial charge on any atom is -0.493 e. The molecule has 0 spiro atoms. The molecule has 0 bridgehead atoms. The Bertz CT molecular complexity index is 966. The van der Waals surface area contributed by atoms with Crippen LogP contribution >= 0.6 is 11.6 Å². The highest BCUT2D eigenvalue weighted by atomic mass is 35.5. The average Bonchev–Trinajstić information content (AvgIpc) is 2.86. The van der Waals surface area contributed by atoms with E-state index < -0.39 is 0 Å². The molecule has 2 fully saturated rings. The van der Waals surface area contributed by atoms with E-state index in [-0.39, 0.29) is 11.9 Å². The van der Waals surface area contributed by atoms with E-state index in [0.717, 1.165) is 48.1 Å². The van der Waals surface area contributed by atoms with Crippen LogP contribution in [0.3, 0.4) is 0 Å². The Morgan fingerprint density at radius 3 is 2.50 bits per heavy atom. The number of carbonyl (C=O) groups is 1. The predicted molar refractivity (Wildman–Crippen MR) is 137 cm³/mol. The Morgan fingerprint density at radius 1 is 1.03 bits per heavy atom. The van der Waals surface area contributed by atoms with E-state index in [1.54, 1.807) is 25.3 Å². The van der Waals surface area contributed by atoms with Crippen LogP contribution in [-0.4, -0.2) is 49.7 Å². The van der Waals surface area contributed by atoms with Gasteiger partial charge in [-0.25, -0.2) is 0 Å². The molecule has 1 saturated carbocycles. The van der Waals surface area contributed by atoms with Gasteiger partial charge in [-0.3, -0.25) is 4.79 Å². The van der Waals surface area contributed by atoms with Crippen molar-refractivity contribution in [3.63, 3.8) is 0 Å². The molecule has 2 aromatic carbocycles. The summed E-state index contributed by atoms with van der Waals surface area (Å²) >= 11 is 6.35. The van der Waals surface area contributed by atoms with Crippen molar-refractivity contribution in [2.75, 3.05) is 26.8 Å². The van der Waals surface area contributed by atoms with Crippen molar-refractivity contribution >= 4 is 17.5 Å². The lowest BCUT2D eigenvalue weighted by Gasteiger charge is -2.39. The van der Waals surface area contributed by atoms with Gasteiger partial charge in [0.05, 0.1) is 13.7 Å². The van der Waals surface area contributed by atoms with Gasteiger partial charge in [-0.2, -0.15) is 0 Å². The van der Waals surface area contributed by atoms with E-state index in [0.29, 0.717) is 30.1 Å². The molecule has 6 heteroatoms. The first-order valence-electron chi connectivity index (χ1n) is 12.6. The Labute approximate surface area is 208 Å². The Balaban J connectivity index is 1.31. The van der Waals surface area contributed by atoms with Gasteiger partial charge >= 0.3 is 0 Å². The lowest BCUT2D eigenvalue weighted by atomic mass is 9.92. The Morgan fingerprint density at radius 2 is 1.79 bits per heavy atom. The molecule has 34 heavy (non-hydrogen) atoms. The summed E-state index contributed by atoms with van der Waals surface area (Å²) in [7, 11) is 1.61.